The Balaban J connectivity index is 2.55. The average molecular weight is 368 g/mol. The normalized spacial score (nSPS) is 16.2. The van der Waals surface area contributed by atoms with E-state index >= 15 is 0 Å². The van der Waals surface area contributed by atoms with Gasteiger partial charge >= 0.3 is 13.7 Å². The Bertz CT molecular complexity index is 720. The zero-order chi connectivity index (χ0) is 19.2. The molecule has 0 aliphatic carbocycles. The standard InChI is InChI=1S/C18H22BF3NOS/c1-11-15(19-24-16(2,3)17(4,5)25)14(18(20,21)22)12-9-7-8-10-13(12)23(11)6/h7-10,25H,1H2,2-6H3. The van der Waals surface area contributed by atoms with Gasteiger partial charge in [0, 0.05) is 28.7 Å². The molecule has 0 N–H and O–H groups in total. The van der Waals surface area contributed by atoms with Crippen molar-refractivity contribution in [2.45, 2.75) is 44.2 Å². The van der Waals surface area contributed by atoms with E-state index in [2.05, 4.69) is 19.2 Å². The summed E-state index contributed by atoms with van der Waals surface area (Å²) in [6.45, 7) is 11.1. The van der Waals surface area contributed by atoms with Gasteiger partial charge in [-0.1, -0.05) is 24.8 Å². The van der Waals surface area contributed by atoms with Crippen molar-refractivity contribution in [3.05, 3.63) is 47.6 Å². The SMILES string of the molecule is C=C1C([B]OC(C)(C)C(C)(C)S)=C(C(F)(F)F)c2ccccc2N1C. The average Bonchev–Trinajstić information content (AvgIpc) is 2.47. The molecule has 1 aromatic carbocycles. The summed E-state index contributed by atoms with van der Waals surface area (Å²) in [5, 5.41) is 0. The summed E-state index contributed by atoms with van der Waals surface area (Å²) in [5.41, 5.74) is -0.777. The molecule has 1 heterocycles. The highest BCUT2D eigenvalue weighted by Gasteiger charge is 2.43. The van der Waals surface area contributed by atoms with Gasteiger partial charge in [0.05, 0.1) is 11.2 Å². The molecule has 0 bridgehead atoms. The van der Waals surface area contributed by atoms with Crippen LogP contribution in [0.5, 0.6) is 0 Å². The van der Waals surface area contributed by atoms with Gasteiger partial charge in [0.15, 0.2) is 0 Å². The summed E-state index contributed by atoms with van der Waals surface area (Å²) < 4.78 is 46.6. The molecule has 1 aromatic rings. The van der Waals surface area contributed by atoms with Gasteiger partial charge in [-0.3, -0.25) is 0 Å². The van der Waals surface area contributed by atoms with Gasteiger partial charge in [-0.15, -0.1) is 0 Å². The Kier molecular flexibility index (Phi) is 5.14. The van der Waals surface area contributed by atoms with Crippen LogP contribution in [0.25, 0.3) is 5.57 Å². The predicted octanol–water partition coefficient (Wildman–Crippen LogP) is 5.05. The molecule has 0 atom stereocenters. The van der Waals surface area contributed by atoms with Gasteiger partial charge in [-0.25, -0.2) is 0 Å². The second-order valence-electron chi connectivity index (χ2n) is 7.11. The lowest BCUT2D eigenvalue weighted by Crippen LogP contribution is -2.45. The molecule has 0 spiro atoms. The largest absolute Gasteiger partial charge is 0.428 e. The molecule has 2 nitrogen and oxygen atoms in total. The van der Waals surface area contributed by atoms with Crippen LogP contribution in [0.1, 0.15) is 33.3 Å². The molecule has 25 heavy (non-hydrogen) atoms. The first-order valence-corrected chi connectivity index (χ1v) is 8.29. The first-order valence-electron chi connectivity index (χ1n) is 7.84. The van der Waals surface area contributed by atoms with E-state index < -0.39 is 22.1 Å². The Labute approximate surface area is 153 Å². The highest BCUT2D eigenvalue weighted by molar-refractivity contribution is 7.81. The van der Waals surface area contributed by atoms with Crippen LogP contribution in [0.2, 0.25) is 0 Å². The minimum atomic E-state index is -4.53. The van der Waals surface area contributed by atoms with Crippen molar-refractivity contribution in [2.75, 3.05) is 11.9 Å². The van der Waals surface area contributed by atoms with Crippen molar-refractivity contribution in [3.8, 4) is 0 Å². The number of rotatable bonds is 4. The number of alkyl halides is 3. The van der Waals surface area contributed by atoms with Crippen LogP contribution in [0.15, 0.2) is 42.0 Å². The maximum atomic E-state index is 13.8. The Morgan fingerprint density at radius 3 is 2.20 bits per heavy atom. The zero-order valence-corrected chi connectivity index (χ0v) is 15.9. The lowest BCUT2D eigenvalue weighted by Gasteiger charge is -2.40. The number of thiol groups is 1. The van der Waals surface area contributed by atoms with Gasteiger partial charge in [0.2, 0.25) is 0 Å². The van der Waals surface area contributed by atoms with Crippen molar-refractivity contribution < 1.29 is 17.8 Å². The van der Waals surface area contributed by atoms with Gasteiger partial charge in [0.1, 0.15) is 0 Å². The third-order valence-electron chi connectivity index (χ3n) is 4.75. The summed E-state index contributed by atoms with van der Waals surface area (Å²) >= 11 is 4.48. The molecule has 7 heteroatoms. The second kappa shape index (κ2) is 6.43. The number of fused-ring (bicyclic) bond motifs is 1. The minimum Gasteiger partial charge on any atom is -0.428 e. The fourth-order valence-electron chi connectivity index (χ4n) is 2.38. The second-order valence-corrected chi connectivity index (χ2v) is 8.23. The highest BCUT2D eigenvalue weighted by Crippen LogP contribution is 2.46. The summed E-state index contributed by atoms with van der Waals surface area (Å²) in [4.78, 5) is 1.64. The third-order valence-corrected chi connectivity index (χ3v) is 5.29. The molecule has 2 rings (SSSR count). The lowest BCUT2D eigenvalue weighted by atomic mass is 9.74. The molecule has 135 valence electrons. The van der Waals surface area contributed by atoms with E-state index in [4.69, 9.17) is 4.65 Å². The van der Waals surface area contributed by atoms with Gasteiger partial charge in [0.25, 0.3) is 0 Å². The predicted molar refractivity (Wildman–Crippen MR) is 101 cm³/mol. The summed E-state index contributed by atoms with van der Waals surface area (Å²) in [7, 11) is 2.85. The third kappa shape index (κ3) is 3.77. The van der Waals surface area contributed by atoms with E-state index in [1.807, 2.05) is 13.8 Å². The Hall–Kier alpha value is -1.34. The smallest absolute Gasteiger partial charge is 0.416 e. The maximum absolute atomic E-state index is 13.8. The highest BCUT2D eigenvalue weighted by atomic mass is 32.1. The fraction of sp³-hybridized carbons (Fsp3) is 0.444. The molecular weight excluding hydrogens is 346 g/mol. The summed E-state index contributed by atoms with van der Waals surface area (Å²) in [6.07, 6.45) is -4.53. The number of halogens is 3. The first-order chi connectivity index (χ1) is 11.3. The number of benzene rings is 1. The molecule has 1 aliphatic rings. The zero-order valence-electron chi connectivity index (χ0n) is 15.0. The number of anilines is 1. The molecule has 0 fully saturated rings. The Morgan fingerprint density at radius 2 is 1.68 bits per heavy atom. The van der Waals surface area contributed by atoms with Crippen LogP contribution in [0.3, 0.4) is 0 Å². The van der Waals surface area contributed by atoms with Crippen molar-refractivity contribution in [3.63, 3.8) is 0 Å². The van der Waals surface area contributed by atoms with E-state index in [1.54, 1.807) is 44.0 Å². The number of para-hydroxylation sites is 1. The summed E-state index contributed by atoms with van der Waals surface area (Å²) in [6, 6.07) is 6.40. The van der Waals surface area contributed by atoms with Crippen molar-refractivity contribution >= 4 is 31.4 Å². The van der Waals surface area contributed by atoms with Crippen LogP contribution < -0.4 is 4.90 Å². The Morgan fingerprint density at radius 1 is 1.12 bits per heavy atom. The van der Waals surface area contributed by atoms with Crippen molar-refractivity contribution in [1.29, 1.82) is 0 Å². The topological polar surface area (TPSA) is 12.5 Å². The fourth-order valence-corrected chi connectivity index (χ4v) is 2.43. The number of likely N-dealkylation sites (N-methyl/N-ethyl adjacent to an activating group) is 1. The molecule has 0 saturated carbocycles. The van der Waals surface area contributed by atoms with Crippen LogP contribution in [-0.2, 0) is 4.65 Å². The molecule has 0 saturated heterocycles. The molecule has 1 radical (unpaired) electrons. The van der Waals surface area contributed by atoms with Crippen molar-refractivity contribution in [1.82, 2.24) is 0 Å². The van der Waals surface area contributed by atoms with E-state index in [0.29, 0.717) is 5.69 Å². The van der Waals surface area contributed by atoms with E-state index in [-0.39, 0.29) is 16.7 Å². The van der Waals surface area contributed by atoms with Crippen LogP contribution in [-0.4, -0.2) is 31.1 Å². The van der Waals surface area contributed by atoms with E-state index in [1.165, 1.54) is 6.07 Å². The molecule has 0 unspecified atom stereocenters. The molecule has 0 amide bonds. The maximum Gasteiger partial charge on any atom is 0.416 e. The van der Waals surface area contributed by atoms with Gasteiger partial charge < -0.3 is 9.55 Å². The van der Waals surface area contributed by atoms with Crippen LogP contribution >= 0.6 is 12.6 Å². The molecular formula is C18H22BF3NOS. The number of allylic oxidation sites excluding steroid dienone is 2. The number of nitrogens with zero attached hydrogens (tertiary/aromatic N) is 1. The lowest BCUT2D eigenvalue weighted by molar-refractivity contribution is -0.0693. The number of hydrogen-bond acceptors (Lipinski definition) is 3. The number of hydrogen-bond donors (Lipinski definition) is 1. The van der Waals surface area contributed by atoms with Gasteiger partial charge in [-0.05, 0) is 39.2 Å². The van der Waals surface area contributed by atoms with Gasteiger partial charge in [-0.2, -0.15) is 25.8 Å². The van der Waals surface area contributed by atoms with Crippen LogP contribution in [0, 0.1) is 0 Å². The van der Waals surface area contributed by atoms with E-state index in [9.17, 15) is 13.2 Å². The first kappa shape index (κ1) is 20.0. The van der Waals surface area contributed by atoms with E-state index in [0.717, 1.165) is 7.48 Å². The molecule has 0 aromatic heterocycles. The quantitative estimate of drug-likeness (QED) is 0.590. The van der Waals surface area contributed by atoms with Crippen molar-refractivity contribution in [2.24, 2.45) is 0 Å². The minimum absolute atomic E-state index is 0.0700. The van der Waals surface area contributed by atoms with Crippen LogP contribution in [0.4, 0.5) is 18.9 Å². The summed E-state index contributed by atoms with van der Waals surface area (Å²) in [5.74, 6) is 0. The monoisotopic (exact) mass is 368 g/mol. The molecule has 1 aliphatic heterocycles.